The van der Waals surface area contributed by atoms with Crippen LogP contribution in [0.4, 0.5) is 0 Å². The molecule has 120 valence electrons. The van der Waals surface area contributed by atoms with Crippen molar-refractivity contribution < 1.29 is 12.8 Å². The largest absolute Gasteiger partial charge is 0.452 e. The summed E-state index contributed by atoms with van der Waals surface area (Å²) in [4.78, 5) is 0.239. The van der Waals surface area contributed by atoms with Gasteiger partial charge in [-0.25, -0.2) is 8.42 Å². The van der Waals surface area contributed by atoms with Crippen LogP contribution in [0.3, 0.4) is 0 Å². The lowest BCUT2D eigenvalue weighted by Crippen LogP contribution is -2.34. The zero-order valence-electron chi connectivity index (χ0n) is 12.7. The SMILES string of the molecule is CNCc1cc(S(=O)(=O)N(CCC(C)C)C2CC2)c(Br)o1. The molecule has 0 saturated heterocycles. The summed E-state index contributed by atoms with van der Waals surface area (Å²) in [5.74, 6) is 1.09. The molecular formula is C14H23BrN2O3S. The van der Waals surface area contributed by atoms with Crippen molar-refractivity contribution in [1.29, 1.82) is 0 Å². The Morgan fingerprint density at radius 2 is 2.14 bits per heavy atom. The molecule has 0 bridgehead atoms. The third-order valence-electron chi connectivity index (χ3n) is 3.53. The van der Waals surface area contributed by atoms with E-state index in [0.717, 1.165) is 19.3 Å². The maximum Gasteiger partial charge on any atom is 0.247 e. The fourth-order valence-corrected chi connectivity index (χ4v) is 4.87. The van der Waals surface area contributed by atoms with E-state index in [0.29, 0.717) is 29.4 Å². The first kappa shape index (κ1) is 17.0. The van der Waals surface area contributed by atoms with E-state index in [2.05, 4.69) is 35.1 Å². The van der Waals surface area contributed by atoms with Gasteiger partial charge in [0.15, 0.2) is 4.67 Å². The van der Waals surface area contributed by atoms with E-state index in [1.165, 1.54) is 0 Å². The van der Waals surface area contributed by atoms with Gasteiger partial charge in [-0.2, -0.15) is 4.31 Å². The van der Waals surface area contributed by atoms with Gasteiger partial charge < -0.3 is 9.73 Å². The molecule has 0 atom stereocenters. The van der Waals surface area contributed by atoms with Crippen LogP contribution in [0.25, 0.3) is 0 Å². The van der Waals surface area contributed by atoms with Crippen molar-refractivity contribution in [3.8, 4) is 0 Å². The Bertz CT molecular complexity index is 579. The molecule has 21 heavy (non-hydrogen) atoms. The number of sulfonamides is 1. The van der Waals surface area contributed by atoms with Gasteiger partial charge in [0.1, 0.15) is 10.7 Å². The number of rotatable bonds is 8. The summed E-state index contributed by atoms with van der Waals surface area (Å²) in [6.45, 7) is 5.29. The second-order valence-electron chi connectivity index (χ2n) is 5.91. The molecule has 0 aliphatic heterocycles. The Morgan fingerprint density at radius 3 is 2.67 bits per heavy atom. The van der Waals surface area contributed by atoms with Crippen LogP contribution >= 0.6 is 15.9 Å². The summed E-state index contributed by atoms with van der Waals surface area (Å²) in [7, 11) is -1.70. The molecule has 0 aromatic carbocycles. The zero-order valence-corrected chi connectivity index (χ0v) is 15.1. The van der Waals surface area contributed by atoms with Crippen LogP contribution in [0, 0.1) is 5.92 Å². The van der Waals surface area contributed by atoms with Crippen molar-refractivity contribution in [2.75, 3.05) is 13.6 Å². The molecule has 5 nitrogen and oxygen atoms in total. The van der Waals surface area contributed by atoms with E-state index < -0.39 is 10.0 Å². The number of nitrogens with one attached hydrogen (secondary N) is 1. The predicted molar refractivity (Wildman–Crippen MR) is 85.5 cm³/mol. The molecule has 0 spiro atoms. The van der Waals surface area contributed by atoms with Crippen molar-refractivity contribution in [1.82, 2.24) is 9.62 Å². The smallest absolute Gasteiger partial charge is 0.247 e. The number of furan rings is 1. The standard InChI is InChI=1S/C14H23BrN2O3S/c1-10(2)6-7-17(11-4-5-11)21(18,19)13-8-12(9-16-3)20-14(13)15/h8,10-11,16H,4-7,9H2,1-3H3. The van der Waals surface area contributed by atoms with Gasteiger partial charge >= 0.3 is 0 Å². The monoisotopic (exact) mass is 378 g/mol. The van der Waals surface area contributed by atoms with Crippen LogP contribution < -0.4 is 5.32 Å². The first-order chi connectivity index (χ1) is 9.86. The molecule has 1 heterocycles. The maximum atomic E-state index is 12.9. The lowest BCUT2D eigenvalue weighted by atomic mass is 10.1. The highest BCUT2D eigenvalue weighted by Crippen LogP contribution is 2.36. The predicted octanol–water partition coefficient (Wildman–Crippen LogP) is 2.96. The van der Waals surface area contributed by atoms with Gasteiger partial charge in [-0.3, -0.25) is 0 Å². The van der Waals surface area contributed by atoms with E-state index in [1.807, 2.05) is 0 Å². The van der Waals surface area contributed by atoms with Crippen molar-refractivity contribution in [2.24, 2.45) is 5.92 Å². The molecule has 1 aliphatic rings. The molecule has 1 aromatic heterocycles. The highest BCUT2D eigenvalue weighted by molar-refractivity contribution is 9.10. The Morgan fingerprint density at radius 1 is 1.48 bits per heavy atom. The minimum Gasteiger partial charge on any atom is -0.452 e. The quantitative estimate of drug-likeness (QED) is 0.755. The van der Waals surface area contributed by atoms with E-state index in [-0.39, 0.29) is 10.9 Å². The number of halogens is 1. The second-order valence-corrected chi connectivity index (χ2v) is 8.49. The zero-order chi connectivity index (χ0) is 15.6. The fraction of sp³-hybridized carbons (Fsp3) is 0.714. The normalized spacial score (nSPS) is 16.1. The van der Waals surface area contributed by atoms with E-state index in [4.69, 9.17) is 4.42 Å². The van der Waals surface area contributed by atoms with Gasteiger partial charge in [0, 0.05) is 18.7 Å². The molecule has 2 rings (SSSR count). The first-order valence-electron chi connectivity index (χ1n) is 7.31. The number of nitrogens with zero attached hydrogens (tertiary/aromatic N) is 1. The van der Waals surface area contributed by atoms with Gasteiger partial charge in [0.25, 0.3) is 0 Å². The van der Waals surface area contributed by atoms with Crippen molar-refractivity contribution in [3.63, 3.8) is 0 Å². The second kappa shape index (κ2) is 6.81. The van der Waals surface area contributed by atoms with Gasteiger partial charge in [0.2, 0.25) is 10.0 Å². The number of hydrogen-bond donors (Lipinski definition) is 1. The topological polar surface area (TPSA) is 62.6 Å². The summed E-state index contributed by atoms with van der Waals surface area (Å²) in [6.07, 6.45) is 2.78. The maximum absolute atomic E-state index is 12.9. The molecule has 0 amide bonds. The molecule has 1 fully saturated rings. The number of hydrogen-bond acceptors (Lipinski definition) is 4. The van der Waals surface area contributed by atoms with E-state index in [1.54, 1.807) is 17.4 Å². The average Bonchev–Trinajstić information content (AvgIpc) is 3.13. The van der Waals surface area contributed by atoms with E-state index >= 15 is 0 Å². The molecule has 1 aromatic rings. The molecule has 1 saturated carbocycles. The van der Waals surface area contributed by atoms with Crippen molar-refractivity contribution >= 4 is 26.0 Å². The van der Waals surface area contributed by atoms with Crippen LogP contribution in [0.1, 0.15) is 38.9 Å². The summed E-state index contributed by atoms with van der Waals surface area (Å²) in [5.41, 5.74) is 0. The molecular weight excluding hydrogens is 356 g/mol. The fourth-order valence-electron chi connectivity index (χ4n) is 2.21. The molecule has 1 aliphatic carbocycles. The van der Waals surface area contributed by atoms with Crippen LogP contribution in [-0.4, -0.2) is 32.4 Å². The van der Waals surface area contributed by atoms with Crippen LogP contribution in [0.2, 0.25) is 0 Å². The third kappa shape index (κ3) is 4.09. The Hall–Kier alpha value is -0.370. The molecule has 0 radical (unpaired) electrons. The summed E-state index contributed by atoms with van der Waals surface area (Å²) >= 11 is 3.24. The Labute approximate surface area is 135 Å². The first-order valence-corrected chi connectivity index (χ1v) is 9.54. The van der Waals surface area contributed by atoms with Crippen LogP contribution in [-0.2, 0) is 16.6 Å². The molecule has 0 unspecified atom stereocenters. The van der Waals surface area contributed by atoms with Crippen LogP contribution in [0.15, 0.2) is 20.0 Å². The molecule has 7 heteroatoms. The Balaban J connectivity index is 2.25. The minimum absolute atomic E-state index is 0.156. The van der Waals surface area contributed by atoms with Crippen LogP contribution in [0.5, 0.6) is 0 Å². The minimum atomic E-state index is -3.50. The summed E-state index contributed by atoms with van der Waals surface area (Å²) in [5, 5.41) is 2.96. The lowest BCUT2D eigenvalue weighted by molar-refractivity contribution is 0.372. The van der Waals surface area contributed by atoms with Gasteiger partial charge in [-0.15, -0.1) is 0 Å². The van der Waals surface area contributed by atoms with Crippen molar-refractivity contribution in [3.05, 3.63) is 16.5 Å². The Kier molecular flexibility index (Phi) is 5.51. The average molecular weight is 379 g/mol. The summed E-state index contributed by atoms with van der Waals surface area (Å²) < 4.78 is 33.2. The van der Waals surface area contributed by atoms with Crippen molar-refractivity contribution in [2.45, 2.75) is 50.6 Å². The van der Waals surface area contributed by atoms with Gasteiger partial charge in [0.05, 0.1) is 6.54 Å². The third-order valence-corrected chi connectivity index (χ3v) is 6.33. The highest BCUT2D eigenvalue weighted by atomic mass is 79.9. The molecule has 1 N–H and O–H groups in total. The summed E-state index contributed by atoms with van der Waals surface area (Å²) in [6, 6.07) is 1.77. The van der Waals surface area contributed by atoms with Gasteiger partial charge in [-0.05, 0) is 48.2 Å². The van der Waals surface area contributed by atoms with E-state index in [9.17, 15) is 8.42 Å². The van der Waals surface area contributed by atoms with Gasteiger partial charge in [-0.1, -0.05) is 13.8 Å². The lowest BCUT2D eigenvalue weighted by Gasteiger charge is -2.22. The highest BCUT2D eigenvalue weighted by Gasteiger charge is 2.39.